The molecule has 2 aromatic carbocycles. The van der Waals surface area contributed by atoms with Gasteiger partial charge in [-0.1, -0.05) is 0 Å². The van der Waals surface area contributed by atoms with Crippen LogP contribution in [0.5, 0.6) is 0 Å². The van der Waals surface area contributed by atoms with Crippen molar-refractivity contribution >= 4 is 41.1 Å². The Bertz CT molecular complexity index is 3480. The van der Waals surface area contributed by atoms with Crippen molar-refractivity contribution in [3.63, 3.8) is 0 Å². The van der Waals surface area contributed by atoms with Gasteiger partial charge in [-0.05, 0) is 68.2 Å². The number of carbonyl (C=O) groups is 3. The Morgan fingerprint density at radius 2 is 1.07 bits per heavy atom. The molecule has 2 aliphatic heterocycles. The van der Waals surface area contributed by atoms with Crippen molar-refractivity contribution in [2.24, 2.45) is 20.0 Å². The van der Waals surface area contributed by atoms with Gasteiger partial charge in [0.1, 0.15) is 41.4 Å². The first kappa shape index (κ1) is 52.2. The Labute approximate surface area is 403 Å². The van der Waals surface area contributed by atoms with Crippen LogP contribution in [-0.2, 0) is 28.6 Å². The molecule has 4 aromatic rings. The lowest BCUT2D eigenvalue weighted by Crippen LogP contribution is -2.26. The third kappa shape index (κ3) is 12.1. The Hall–Kier alpha value is -10.5. The summed E-state index contributed by atoms with van der Waals surface area (Å²) in [5.74, 6) is -6.86. The Balaban J connectivity index is 0.000000282. The second kappa shape index (κ2) is 24.7. The normalized spacial score (nSPS) is 12.3. The maximum Gasteiger partial charge on any atom is 0.331 e. The Morgan fingerprint density at radius 1 is 0.614 bits per heavy atom. The number of aromatic nitrogens is 6. The number of hydrogen-bond donors (Lipinski definition) is 0. The third-order valence-electron chi connectivity index (χ3n) is 8.38. The number of rotatable bonds is 10. The molecule has 27 heteroatoms. The van der Waals surface area contributed by atoms with Crippen molar-refractivity contribution in [2.45, 2.75) is 39.0 Å². The van der Waals surface area contributed by atoms with E-state index in [0.29, 0.717) is 17.5 Å². The van der Waals surface area contributed by atoms with E-state index in [1.807, 2.05) is 12.1 Å². The molecule has 0 N–H and O–H groups in total. The van der Waals surface area contributed by atoms with E-state index in [0.717, 1.165) is 0 Å². The lowest BCUT2D eigenvalue weighted by molar-refractivity contribution is -0.144. The highest BCUT2D eigenvalue weighted by Gasteiger charge is 2.32. The molecule has 0 bridgehead atoms. The fourth-order valence-corrected chi connectivity index (χ4v) is 5.88. The summed E-state index contributed by atoms with van der Waals surface area (Å²) < 4.78 is 14.3. The van der Waals surface area contributed by atoms with Gasteiger partial charge in [-0.3, -0.25) is 14.4 Å². The molecule has 25 nitrogen and oxygen atoms in total. The van der Waals surface area contributed by atoms with Gasteiger partial charge in [0.25, 0.3) is 0 Å². The first-order chi connectivity index (χ1) is 33.7. The summed E-state index contributed by atoms with van der Waals surface area (Å²) in [4.78, 5) is 78.4. The summed E-state index contributed by atoms with van der Waals surface area (Å²) in [6, 6.07) is 20.1. The van der Waals surface area contributed by atoms with Crippen LogP contribution >= 0.6 is 23.2 Å². The number of esters is 3. The predicted molar refractivity (Wildman–Crippen MR) is 229 cm³/mol. The Morgan fingerprint density at radius 3 is 1.47 bits per heavy atom. The predicted octanol–water partition coefficient (Wildman–Crippen LogP) is 2.31. The van der Waals surface area contributed by atoms with Crippen molar-refractivity contribution in [3.05, 3.63) is 113 Å². The standard InChI is InChI=1S/C24H14N10O4.C14H2Cl2N8.C5H7NO2/c1-4-37-23(35)14(9-26)20-32-19(33-21(34-20)15(10-27)24(36)38-5-2)12-6-7-16-18(13(12)8-25)31-22(30-16)17(11-28)29-3;15-13-22-12(23-14(16)24-13)7-1-2-9-10(8(7)5-19)21-11(20-9)6(3-17)4-18;1-2-8-5(7)3-4-6/h6-7,14-15H,4-5H2,1-2H3;1-2H;2-3H2,1H3/b22-17+;;. The second-order valence-corrected chi connectivity index (χ2v) is 13.2. The minimum atomic E-state index is -1.64. The number of benzene rings is 2. The van der Waals surface area contributed by atoms with Crippen molar-refractivity contribution in [2.75, 3.05) is 19.8 Å². The van der Waals surface area contributed by atoms with Gasteiger partial charge in [0.05, 0.1) is 72.5 Å². The average Bonchev–Trinajstić information content (AvgIpc) is 3.98. The minimum absolute atomic E-state index is 0.0318. The lowest BCUT2D eigenvalue weighted by atomic mass is 10.1. The molecule has 6 rings (SSSR count). The summed E-state index contributed by atoms with van der Waals surface area (Å²) in [6.07, 6.45) is -0.145. The van der Waals surface area contributed by atoms with Crippen LogP contribution < -0.4 is 21.4 Å². The maximum absolute atomic E-state index is 12.4. The number of carbonyl (C=O) groups excluding carboxylic acids is 3. The SMILES string of the molecule is CCOC(=O)CC#N.N#CC(C#N)=C1N=c2ccc(-c3nc(Cl)nc(Cl)n3)c(C#N)c2=N1.[C-]#[N+]/C(C#N)=C1\N=c2ccc(-c3nc(C(C#N)C(=O)OCC)nc(C(C#N)C(=O)OCC)n3)c(C#N)c2=N1. The summed E-state index contributed by atoms with van der Waals surface area (Å²) in [5, 5.41) is 74.1. The molecule has 0 amide bonds. The number of ether oxygens (including phenoxy) is 3. The molecule has 2 unspecified atom stereocenters. The van der Waals surface area contributed by atoms with E-state index in [9.17, 15) is 35.4 Å². The minimum Gasteiger partial charge on any atom is -0.465 e. The zero-order valence-electron chi connectivity index (χ0n) is 36.0. The number of nitriles is 8. The fourth-order valence-electron chi connectivity index (χ4n) is 5.52. The molecule has 0 saturated heterocycles. The highest BCUT2D eigenvalue weighted by Crippen LogP contribution is 2.25. The monoisotopic (exact) mass is 971 g/mol. The molecule has 2 aromatic heterocycles. The van der Waals surface area contributed by atoms with E-state index in [1.54, 1.807) is 55.5 Å². The molecule has 0 saturated carbocycles. The van der Waals surface area contributed by atoms with Crippen molar-refractivity contribution in [3.8, 4) is 71.3 Å². The van der Waals surface area contributed by atoms with Gasteiger partial charge in [0.2, 0.25) is 22.4 Å². The van der Waals surface area contributed by atoms with Crippen LogP contribution in [0.1, 0.15) is 61.8 Å². The van der Waals surface area contributed by atoms with Crippen LogP contribution in [0.2, 0.25) is 10.6 Å². The topological polar surface area (TPSA) is 400 Å². The van der Waals surface area contributed by atoms with E-state index in [4.69, 9.17) is 60.3 Å². The van der Waals surface area contributed by atoms with E-state index >= 15 is 0 Å². The number of hydrogen-bond acceptors (Lipinski definition) is 24. The number of fused-ring (bicyclic) bond motifs is 2. The first-order valence-corrected chi connectivity index (χ1v) is 20.1. The smallest absolute Gasteiger partial charge is 0.331 e. The molecule has 4 heterocycles. The first-order valence-electron chi connectivity index (χ1n) is 19.3. The molecule has 70 heavy (non-hydrogen) atoms. The van der Waals surface area contributed by atoms with Crippen LogP contribution in [0.15, 0.2) is 67.1 Å². The molecule has 0 fully saturated rings. The highest BCUT2D eigenvalue weighted by atomic mass is 35.5. The number of halogens is 2. The molecule has 0 aliphatic carbocycles. The van der Waals surface area contributed by atoms with E-state index in [-0.39, 0.29) is 97.5 Å². The van der Waals surface area contributed by atoms with E-state index < -0.39 is 41.4 Å². The summed E-state index contributed by atoms with van der Waals surface area (Å²) in [6.45, 7) is 12.2. The van der Waals surface area contributed by atoms with Crippen LogP contribution in [0, 0.1) is 97.2 Å². The molecule has 2 aliphatic rings. The van der Waals surface area contributed by atoms with Gasteiger partial charge in [0.15, 0.2) is 40.5 Å². The van der Waals surface area contributed by atoms with E-state index in [2.05, 4.69) is 59.5 Å². The maximum atomic E-state index is 12.4. The second-order valence-electron chi connectivity index (χ2n) is 12.5. The third-order valence-corrected chi connectivity index (χ3v) is 8.72. The van der Waals surface area contributed by atoms with Crippen LogP contribution in [-0.4, -0.2) is 67.6 Å². The molecular weight excluding hydrogens is 950 g/mol. The summed E-state index contributed by atoms with van der Waals surface area (Å²) in [7, 11) is 0. The quantitative estimate of drug-likeness (QED) is 0.0952. The van der Waals surface area contributed by atoms with Crippen LogP contribution in [0.4, 0.5) is 0 Å². The van der Waals surface area contributed by atoms with Crippen molar-refractivity contribution < 1.29 is 28.6 Å². The zero-order valence-corrected chi connectivity index (χ0v) is 37.5. The number of nitrogens with zero attached hydrogens (tertiary/aromatic N) is 19. The number of allylic oxidation sites excluding steroid dienone is 2. The highest BCUT2D eigenvalue weighted by molar-refractivity contribution is 6.31. The summed E-state index contributed by atoms with van der Waals surface area (Å²) in [5.41, 5.74) is -0.241. The largest absolute Gasteiger partial charge is 0.465 e. The molecule has 0 spiro atoms. The van der Waals surface area contributed by atoms with Gasteiger partial charge in [-0.2, -0.15) is 51.8 Å². The molecular formula is C43H23Cl2N19O6. The fraction of sp³-hybridized carbons (Fsp3) is 0.209. The van der Waals surface area contributed by atoms with Crippen molar-refractivity contribution in [1.82, 2.24) is 29.9 Å². The van der Waals surface area contributed by atoms with E-state index in [1.165, 1.54) is 26.0 Å². The van der Waals surface area contributed by atoms with Crippen molar-refractivity contribution in [1.29, 1.82) is 42.1 Å². The molecule has 2 atom stereocenters. The molecule has 0 radical (unpaired) electrons. The summed E-state index contributed by atoms with van der Waals surface area (Å²) >= 11 is 11.5. The molecule has 340 valence electrons. The lowest BCUT2D eigenvalue weighted by Gasteiger charge is -2.13. The van der Waals surface area contributed by atoms with Gasteiger partial charge in [-0.25, -0.2) is 45.0 Å². The van der Waals surface area contributed by atoms with Gasteiger partial charge < -0.3 is 14.2 Å². The van der Waals surface area contributed by atoms with Crippen LogP contribution in [0.25, 0.3) is 27.6 Å². The van der Waals surface area contributed by atoms with Gasteiger partial charge >= 0.3 is 23.6 Å². The van der Waals surface area contributed by atoms with Crippen LogP contribution in [0.3, 0.4) is 0 Å². The van der Waals surface area contributed by atoms with Gasteiger partial charge in [-0.15, -0.1) is 0 Å². The average molecular weight is 973 g/mol. The van der Waals surface area contributed by atoms with Gasteiger partial charge in [0, 0.05) is 11.1 Å². The zero-order chi connectivity index (χ0) is 51.5. The Kier molecular flexibility index (Phi) is 18.4.